The number of nitrogens with zero attached hydrogens (tertiary/aromatic N) is 2. The zero-order valence-corrected chi connectivity index (χ0v) is 10.5. The number of methoxy groups -OCH3 is 1. The van der Waals surface area contributed by atoms with Crippen molar-refractivity contribution >= 4 is 23.3 Å². The van der Waals surface area contributed by atoms with Crippen molar-refractivity contribution in [1.82, 2.24) is 4.98 Å². The van der Waals surface area contributed by atoms with Crippen LogP contribution in [0.15, 0.2) is 12.1 Å². The highest BCUT2D eigenvalue weighted by atomic mass is 32.2. The summed E-state index contributed by atoms with van der Waals surface area (Å²) in [4.78, 5) is 6.74. The van der Waals surface area contributed by atoms with E-state index in [1.165, 1.54) is 0 Å². The van der Waals surface area contributed by atoms with Crippen molar-refractivity contribution < 1.29 is 4.74 Å². The molecule has 0 radical (unpaired) electrons. The van der Waals surface area contributed by atoms with Gasteiger partial charge in [-0.2, -0.15) is 16.7 Å². The van der Waals surface area contributed by atoms with Gasteiger partial charge < -0.3 is 15.4 Å². The molecule has 1 aliphatic rings. The summed E-state index contributed by atoms with van der Waals surface area (Å²) in [7, 11) is 1.60. The van der Waals surface area contributed by atoms with E-state index in [9.17, 15) is 0 Å². The Bertz CT molecular complexity index is 372. The van der Waals surface area contributed by atoms with Gasteiger partial charge in [0.1, 0.15) is 5.82 Å². The van der Waals surface area contributed by atoms with Crippen LogP contribution in [0.1, 0.15) is 6.92 Å². The van der Waals surface area contributed by atoms with E-state index in [4.69, 9.17) is 10.5 Å². The van der Waals surface area contributed by atoms with Gasteiger partial charge in [0.15, 0.2) is 0 Å². The number of hydrogen-bond acceptors (Lipinski definition) is 5. The Morgan fingerprint density at radius 1 is 1.56 bits per heavy atom. The maximum Gasteiger partial charge on any atom is 0.238 e. The average molecular weight is 239 g/mol. The molecule has 0 saturated carbocycles. The fourth-order valence-electron chi connectivity index (χ4n) is 1.83. The highest BCUT2D eigenvalue weighted by molar-refractivity contribution is 7.99. The van der Waals surface area contributed by atoms with Gasteiger partial charge in [0.2, 0.25) is 5.88 Å². The van der Waals surface area contributed by atoms with Gasteiger partial charge in [-0.25, -0.2) is 0 Å². The molecule has 1 fully saturated rings. The van der Waals surface area contributed by atoms with Gasteiger partial charge in [0.05, 0.1) is 12.8 Å². The molecule has 1 saturated heterocycles. The van der Waals surface area contributed by atoms with Crippen molar-refractivity contribution in [2.24, 2.45) is 0 Å². The van der Waals surface area contributed by atoms with E-state index in [0.717, 1.165) is 23.9 Å². The number of rotatable bonds is 2. The van der Waals surface area contributed by atoms with Gasteiger partial charge in [-0.3, -0.25) is 0 Å². The molecule has 1 aliphatic heterocycles. The second-order valence-corrected chi connectivity index (χ2v) is 5.04. The molecule has 2 heterocycles. The summed E-state index contributed by atoms with van der Waals surface area (Å²) in [5.41, 5.74) is 6.34. The van der Waals surface area contributed by atoms with Crippen molar-refractivity contribution in [3.8, 4) is 5.88 Å². The van der Waals surface area contributed by atoms with Crippen LogP contribution in [-0.4, -0.2) is 36.2 Å². The molecule has 16 heavy (non-hydrogen) atoms. The number of nitrogens with two attached hydrogens (primary N) is 1. The van der Waals surface area contributed by atoms with E-state index in [2.05, 4.69) is 16.8 Å². The first-order valence-electron chi connectivity index (χ1n) is 5.37. The molecular weight excluding hydrogens is 222 g/mol. The number of nitrogen functional groups attached to an aromatic ring is 1. The molecule has 0 aliphatic carbocycles. The number of aromatic nitrogens is 1. The van der Waals surface area contributed by atoms with Crippen LogP contribution in [0.4, 0.5) is 11.5 Å². The normalized spacial score (nSPS) is 20.9. The molecule has 1 atom stereocenters. The Kier molecular flexibility index (Phi) is 3.43. The van der Waals surface area contributed by atoms with Gasteiger partial charge in [0.25, 0.3) is 0 Å². The Labute approximate surface area is 100 Å². The molecule has 1 unspecified atom stereocenters. The summed E-state index contributed by atoms with van der Waals surface area (Å²) in [6.07, 6.45) is 0. The van der Waals surface area contributed by atoms with Gasteiger partial charge >= 0.3 is 0 Å². The van der Waals surface area contributed by atoms with Gasteiger partial charge in [-0.05, 0) is 19.1 Å². The highest BCUT2D eigenvalue weighted by Crippen LogP contribution is 2.26. The average Bonchev–Trinajstić information content (AvgIpc) is 2.31. The Balaban J connectivity index is 2.25. The monoisotopic (exact) mass is 239 g/mol. The summed E-state index contributed by atoms with van der Waals surface area (Å²) in [6.45, 7) is 3.25. The van der Waals surface area contributed by atoms with Crippen LogP contribution in [0.2, 0.25) is 0 Å². The highest BCUT2D eigenvalue weighted by Gasteiger charge is 2.20. The van der Waals surface area contributed by atoms with E-state index in [1.54, 1.807) is 7.11 Å². The molecule has 2 N–H and O–H groups in total. The number of ether oxygens (including phenoxy) is 1. The minimum absolute atomic E-state index is 0.514. The molecular formula is C11H17N3OS. The Hall–Kier alpha value is -1.10. The van der Waals surface area contributed by atoms with E-state index in [0.29, 0.717) is 17.6 Å². The summed E-state index contributed by atoms with van der Waals surface area (Å²) >= 11 is 1.99. The third kappa shape index (κ3) is 2.19. The second-order valence-electron chi connectivity index (χ2n) is 3.89. The van der Waals surface area contributed by atoms with E-state index >= 15 is 0 Å². The number of anilines is 2. The van der Waals surface area contributed by atoms with Crippen LogP contribution in [0, 0.1) is 0 Å². The molecule has 0 aromatic carbocycles. The zero-order valence-electron chi connectivity index (χ0n) is 9.64. The maximum atomic E-state index is 5.75. The standard InChI is InChI=1S/C11H17N3OS/c1-8-7-16-6-5-14(8)10-4-3-9(12)11(13-10)15-2/h3-4,8H,5-7,12H2,1-2H3. The molecule has 0 spiro atoms. The molecule has 5 heteroatoms. The smallest absolute Gasteiger partial charge is 0.238 e. The first-order chi connectivity index (χ1) is 7.72. The first kappa shape index (κ1) is 11.4. The summed E-state index contributed by atoms with van der Waals surface area (Å²) in [5, 5.41) is 0. The molecule has 4 nitrogen and oxygen atoms in total. The largest absolute Gasteiger partial charge is 0.479 e. The quantitative estimate of drug-likeness (QED) is 0.850. The lowest BCUT2D eigenvalue weighted by Gasteiger charge is -2.34. The maximum absolute atomic E-state index is 5.75. The van der Waals surface area contributed by atoms with Gasteiger partial charge in [0, 0.05) is 24.1 Å². The third-order valence-electron chi connectivity index (χ3n) is 2.73. The summed E-state index contributed by atoms with van der Waals surface area (Å²) < 4.78 is 5.14. The molecule has 88 valence electrons. The van der Waals surface area contributed by atoms with Crippen molar-refractivity contribution in [3.05, 3.63) is 12.1 Å². The number of hydrogen-bond donors (Lipinski definition) is 1. The van der Waals surface area contributed by atoms with E-state index in [1.807, 2.05) is 23.9 Å². The Morgan fingerprint density at radius 3 is 3.06 bits per heavy atom. The van der Waals surface area contributed by atoms with Crippen LogP contribution in [0.25, 0.3) is 0 Å². The second kappa shape index (κ2) is 4.82. The van der Waals surface area contributed by atoms with Crippen LogP contribution < -0.4 is 15.4 Å². The summed E-state index contributed by atoms with van der Waals surface area (Å²) in [5.74, 6) is 3.77. The van der Waals surface area contributed by atoms with Crippen molar-refractivity contribution in [2.45, 2.75) is 13.0 Å². The molecule has 2 rings (SSSR count). The first-order valence-corrected chi connectivity index (χ1v) is 6.52. The number of thioether (sulfide) groups is 1. The lowest BCUT2D eigenvalue weighted by molar-refractivity contribution is 0.400. The molecule has 1 aromatic heterocycles. The van der Waals surface area contributed by atoms with Crippen molar-refractivity contribution in [3.63, 3.8) is 0 Å². The molecule has 0 bridgehead atoms. The Morgan fingerprint density at radius 2 is 2.38 bits per heavy atom. The topological polar surface area (TPSA) is 51.4 Å². The van der Waals surface area contributed by atoms with Gasteiger partial charge in [-0.1, -0.05) is 0 Å². The van der Waals surface area contributed by atoms with Gasteiger partial charge in [-0.15, -0.1) is 0 Å². The lowest BCUT2D eigenvalue weighted by atomic mass is 10.3. The van der Waals surface area contributed by atoms with Crippen LogP contribution in [0.3, 0.4) is 0 Å². The lowest BCUT2D eigenvalue weighted by Crippen LogP contribution is -2.40. The summed E-state index contributed by atoms with van der Waals surface area (Å²) in [6, 6.07) is 4.33. The van der Waals surface area contributed by atoms with E-state index < -0.39 is 0 Å². The fraction of sp³-hybridized carbons (Fsp3) is 0.545. The van der Waals surface area contributed by atoms with Crippen molar-refractivity contribution in [1.29, 1.82) is 0 Å². The number of pyridine rings is 1. The van der Waals surface area contributed by atoms with E-state index in [-0.39, 0.29) is 0 Å². The van der Waals surface area contributed by atoms with Crippen LogP contribution >= 0.6 is 11.8 Å². The predicted molar refractivity (Wildman–Crippen MR) is 69.3 cm³/mol. The third-order valence-corrected chi connectivity index (χ3v) is 3.92. The predicted octanol–water partition coefficient (Wildman–Crippen LogP) is 1.61. The fourth-order valence-corrected chi connectivity index (χ4v) is 2.85. The minimum atomic E-state index is 0.514. The van der Waals surface area contributed by atoms with Crippen molar-refractivity contribution in [2.75, 3.05) is 35.8 Å². The zero-order chi connectivity index (χ0) is 11.5. The molecule has 0 amide bonds. The van der Waals surface area contributed by atoms with Crippen LogP contribution in [0.5, 0.6) is 5.88 Å². The van der Waals surface area contributed by atoms with Crippen LogP contribution in [-0.2, 0) is 0 Å². The molecule has 1 aromatic rings. The minimum Gasteiger partial charge on any atom is -0.479 e. The SMILES string of the molecule is COc1nc(N2CCSCC2C)ccc1N.